The minimum Gasteiger partial charge on any atom is 0 e. The molecular weight excluding hydrogens is 10000 g/mol. The number of rotatable bonds is 0. The van der Waals surface area contributed by atoms with E-state index in [1.165, 1.54) is 0 Å². The van der Waals surface area contributed by atoms with Gasteiger partial charge >= 0.3 is 0 Å². The van der Waals surface area contributed by atoms with E-state index in [1.807, 2.05) is 0 Å². The van der Waals surface area contributed by atoms with Crippen LogP contribution >= 0.6 is 0 Å². The van der Waals surface area contributed by atoms with Crippen LogP contribution in [-0.2, 0) is 0 Å². The molecule has 0 spiro atoms. The van der Waals surface area contributed by atoms with Crippen molar-refractivity contribution in [3.63, 3.8) is 0 Å². The predicted octanol–water partition coefficient (Wildman–Crippen LogP) is 0. The van der Waals surface area contributed by atoms with Gasteiger partial charge in [-0.25, -0.2) is 0 Å². The molecule has 0 fully saturated rings. The normalized spacial score (nSPS) is 0. The Morgan fingerprint density at radius 3 is 0.0159 bits per heavy atom. The average Bonchev–Trinajstić information content (AvgIpc) is 0. The molecule has 0 atom stereocenters. The van der Waals surface area contributed by atoms with Crippen LogP contribution in [0.15, 0.2) is 0 Å². The molecule has 0 saturated heterocycles. The first-order chi connectivity index (χ1) is 0. The molecule has 0 aromatic heterocycles. The van der Waals surface area contributed by atoms with Crippen LogP contribution in [0.5, 0.6) is 0 Å². The van der Waals surface area contributed by atoms with Gasteiger partial charge in [-0.05, 0) is 0 Å². The maximum absolute atomic E-state index is 0. The van der Waals surface area contributed by atoms with Gasteiger partial charge in [-0.15, -0.1) is 0 Å². The van der Waals surface area contributed by atoms with E-state index in [1.54, 1.807) is 0 Å². The van der Waals surface area contributed by atoms with Crippen molar-refractivity contribution >= 4 is 0 Å². The van der Waals surface area contributed by atoms with Gasteiger partial charge < -0.3 is 0 Å². The first-order valence-electron chi connectivity index (χ1n) is 0. The van der Waals surface area contributed by atoms with Crippen molar-refractivity contribution in [3.8, 4) is 0 Å². The molecule has 0 rings (SSSR count). The molecule has 0 unspecified atom stereocenters. The van der Waals surface area contributed by atoms with E-state index < -0.39 is 0 Å². The van der Waals surface area contributed by atoms with Crippen LogP contribution in [0, 0.1) is 2430 Å². The van der Waals surface area contributed by atoms with Crippen LogP contribution < -0.4 is 0 Å². The van der Waals surface area contributed by atoms with Crippen molar-refractivity contribution < 1.29 is 2430 Å². The summed E-state index contributed by atoms with van der Waals surface area (Å²) in [5, 5.41) is 0. The van der Waals surface area contributed by atoms with Crippen molar-refractivity contribution in [1.82, 2.24) is 0 Å². The monoisotopic (exact) mass is 10000 g/mol. The standard InChI is InChI=1S/63Tb. The van der Waals surface area contributed by atoms with Gasteiger partial charge in [0.05, 0.1) is 0 Å². The minimum atomic E-state index is 0. The zero-order valence-corrected chi connectivity index (χ0v) is 156. The van der Waals surface area contributed by atoms with Gasteiger partial charge in [-0.2, -0.15) is 0 Å². The summed E-state index contributed by atoms with van der Waals surface area (Å²) in [5.74, 6) is 0. The van der Waals surface area contributed by atoms with E-state index in [9.17, 15) is 0 Å². The Balaban J connectivity index is 0. The molecule has 0 aromatic rings. The molecule has 0 aliphatic carbocycles. The molecule has 0 nitrogen and oxygen atoms in total. The Kier molecular flexibility index (Phi) is 3130. The fourth-order valence-electron chi connectivity index (χ4n) is 0. The quantitative estimate of drug-likeness (QED) is 0.321. The van der Waals surface area contributed by atoms with Crippen molar-refractivity contribution in [3.05, 3.63) is 0 Å². The van der Waals surface area contributed by atoms with Gasteiger partial charge in [0.2, 0.25) is 0 Å². The first-order valence-corrected chi connectivity index (χ1v) is 0. The van der Waals surface area contributed by atoms with Crippen LogP contribution in [0.3, 0.4) is 0 Å². The second kappa shape index (κ2) is 439. The summed E-state index contributed by atoms with van der Waals surface area (Å²) < 4.78 is 0. The fraction of sp³-hybridized carbons (Fsp3) is 0. The summed E-state index contributed by atoms with van der Waals surface area (Å²) in [6.07, 6.45) is 0. The van der Waals surface area contributed by atoms with Crippen LogP contribution in [0.4, 0.5) is 0 Å². The van der Waals surface area contributed by atoms with E-state index in [0.717, 1.165) is 0 Å². The fourth-order valence-corrected chi connectivity index (χ4v) is 0. The van der Waals surface area contributed by atoms with Gasteiger partial charge in [-0.1, -0.05) is 0 Å². The summed E-state index contributed by atoms with van der Waals surface area (Å²) in [7, 11) is 0. The van der Waals surface area contributed by atoms with E-state index in [0.29, 0.717) is 0 Å². The third kappa shape index (κ3) is 433. The second-order valence-corrected chi connectivity index (χ2v) is 0. The van der Waals surface area contributed by atoms with Gasteiger partial charge in [0.25, 0.3) is 0 Å². The Morgan fingerprint density at radius 2 is 0.0159 bits per heavy atom. The number of hydrogen-bond acceptors (Lipinski definition) is 0. The van der Waals surface area contributed by atoms with Crippen LogP contribution in [0.2, 0.25) is 0 Å². The Hall–Kier alpha value is 81.0. The van der Waals surface area contributed by atoms with Crippen molar-refractivity contribution in [2.75, 3.05) is 0 Å². The molecule has 0 aromatic carbocycles. The predicted molar refractivity (Wildman–Crippen MR) is 0 cm³/mol. The third-order valence-corrected chi connectivity index (χ3v) is 0. The molecule has 0 N–H and O–H groups in total. The van der Waals surface area contributed by atoms with Crippen molar-refractivity contribution in [1.29, 1.82) is 0 Å². The maximum atomic E-state index is 0. The smallest absolute Gasteiger partial charge is 0 e. The maximum Gasteiger partial charge on any atom is 0 e. The largest absolute Gasteiger partial charge is 0 e. The van der Waals surface area contributed by atoms with Gasteiger partial charge in [-0.3, -0.25) is 0 Å². The summed E-state index contributed by atoms with van der Waals surface area (Å²) in [6.45, 7) is 0. The first kappa shape index (κ1) is 449. The van der Waals surface area contributed by atoms with Gasteiger partial charge in [0.15, 0.2) is 0 Å². The second-order valence-electron chi connectivity index (χ2n) is 0. The van der Waals surface area contributed by atoms with Gasteiger partial charge in [0, 0.05) is 2430 Å². The topological polar surface area (TPSA) is 0 Å². The molecule has 0 saturated carbocycles. The molecule has 0 aliphatic rings. The molecule has 63 heteroatoms. The van der Waals surface area contributed by atoms with Crippen molar-refractivity contribution in [2.45, 2.75) is 0 Å². The SMILES string of the molecule is [Tb].[Tb].[Tb].[Tb].[Tb].[Tb].[Tb].[Tb].[Tb].[Tb].[Tb].[Tb].[Tb].[Tb].[Tb].[Tb].[Tb].[Tb].[Tb].[Tb].[Tb].[Tb].[Tb].[Tb].[Tb].[Tb].[Tb].[Tb].[Tb].[Tb].[Tb].[Tb].[Tb].[Tb].[Tb].[Tb].[Tb].[Tb].[Tb].[Tb].[Tb].[Tb].[Tb].[Tb].[Tb].[Tb].[Tb].[Tb].[Tb].[Tb].[Tb].[Tb].[Tb].[Tb].[Tb].[Tb].[Tb].[Tb].[Tb].[Tb].[Tb].[Tb].[Tb]. The van der Waals surface area contributed by atoms with Crippen LogP contribution in [0.25, 0.3) is 0 Å². The van der Waals surface area contributed by atoms with E-state index in [4.69, 9.17) is 0 Å². The molecule has 0 bridgehead atoms. The molecule has 63 radical (unpaired) electrons. The Morgan fingerprint density at radius 1 is 0.0159 bits per heavy atom. The van der Waals surface area contributed by atoms with Crippen molar-refractivity contribution in [2.24, 2.45) is 0 Å². The third-order valence-electron chi connectivity index (χ3n) is 0. The average molecular weight is 10000 g/mol. The summed E-state index contributed by atoms with van der Waals surface area (Å²) in [6, 6.07) is 0. The molecule has 63 heavy (non-hydrogen) atoms. The van der Waals surface area contributed by atoms with E-state index in [2.05, 4.69) is 0 Å². The van der Waals surface area contributed by atoms with Gasteiger partial charge in [0.1, 0.15) is 0 Å². The Bertz CT molecular complexity index is 0. The summed E-state index contributed by atoms with van der Waals surface area (Å²) in [5.41, 5.74) is 0. The zero-order chi connectivity index (χ0) is 0. The molecule has 0 amide bonds. The summed E-state index contributed by atoms with van der Waals surface area (Å²) >= 11 is 0. The van der Waals surface area contributed by atoms with Crippen LogP contribution in [-0.4, -0.2) is 0 Å². The summed E-state index contributed by atoms with van der Waals surface area (Å²) in [4.78, 5) is 0. The van der Waals surface area contributed by atoms with E-state index in [-0.39, 0.29) is 2430 Å². The molecular formula is Tb63. The molecule has 0 aliphatic heterocycles. The molecule has 0 heterocycles. The molecule has 567 valence electrons. The number of hydrogen-bond donors (Lipinski definition) is 0. The minimum absolute atomic E-state index is 0. The zero-order valence-electron chi connectivity index (χ0n) is 21.0. The van der Waals surface area contributed by atoms with E-state index >= 15 is 0 Å². The van der Waals surface area contributed by atoms with Crippen LogP contribution in [0.1, 0.15) is 0 Å². The Labute approximate surface area is 2330 Å².